The quantitative estimate of drug-likeness (QED) is 0.404. The summed E-state index contributed by atoms with van der Waals surface area (Å²) in [5, 5.41) is 8.85. The number of hydrogen-bond donors (Lipinski definition) is 3. The minimum Gasteiger partial charge on any atom is -0.356 e. The fourth-order valence-electron chi connectivity index (χ4n) is 3.51. The summed E-state index contributed by atoms with van der Waals surface area (Å²) in [6.45, 7) is 2.70. The standard InChI is InChI=1S/C27H31N3O2/c1-2-19-28-26(31)18-17-25(20-21-9-5-3-6-10-21)30-27(32)29-24-15-13-23(14-16-24)22-11-7-4-8-12-22/h3-16,25H,2,17-20H2,1H3,(H,28,31)(H2,29,30,32)/t25-/m1/s1. The molecule has 3 aromatic carbocycles. The number of rotatable bonds is 10. The Bertz CT molecular complexity index is 973. The Balaban J connectivity index is 1.58. The van der Waals surface area contributed by atoms with Gasteiger partial charge in [-0.1, -0.05) is 79.7 Å². The molecule has 0 aromatic heterocycles. The number of urea groups is 1. The molecule has 0 heterocycles. The zero-order valence-electron chi connectivity index (χ0n) is 18.5. The minimum atomic E-state index is -0.271. The Hall–Kier alpha value is -3.60. The van der Waals surface area contributed by atoms with Crippen molar-refractivity contribution < 1.29 is 9.59 Å². The Kier molecular flexibility index (Phi) is 8.87. The van der Waals surface area contributed by atoms with E-state index in [0.717, 1.165) is 28.8 Å². The summed E-state index contributed by atoms with van der Waals surface area (Å²) < 4.78 is 0. The van der Waals surface area contributed by atoms with Gasteiger partial charge in [0.1, 0.15) is 0 Å². The second kappa shape index (κ2) is 12.3. The van der Waals surface area contributed by atoms with Crippen molar-refractivity contribution in [2.75, 3.05) is 11.9 Å². The van der Waals surface area contributed by atoms with Gasteiger partial charge >= 0.3 is 6.03 Å². The Morgan fingerprint density at radius 2 is 1.44 bits per heavy atom. The summed E-state index contributed by atoms with van der Waals surface area (Å²) >= 11 is 0. The highest BCUT2D eigenvalue weighted by molar-refractivity contribution is 5.89. The maximum Gasteiger partial charge on any atom is 0.319 e. The summed E-state index contributed by atoms with van der Waals surface area (Å²) in [4.78, 5) is 24.7. The van der Waals surface area contributed by atoms with Crippen LogP contribution in [0.15, 0.2) is 84.9 Å². The Morgan fingerprint density at radius 1 is 0.812 bits per heavy atom. The van der Waals surface area contributed by atoms with Crippen LogP contribution in [0.3, 0.4) is 0 Å². The number of anilines is 1. The number of amides is 3. The molecule has 0 saturated heterocycles. The molecule has 0 aliphatic rings. The molecule has 3 amide bonds. The van der Waals surface area contributed by atoms with Gasteiger partial charge in [-0.2, -0.15) is 0 Å². The summed E-state index contributed by atoms with van der Waals surface area (Å²) in [7, 11) is 0. The SMILES string of the molecule is CCCNC(=O)CC[C@H](Cc1ccccc1)NC(=O)Nc1ccc(-c2ccccc2)cc1. The van der Waals surface area contributed by atoms with E-state index in [9.17, 15) is 9.59 Å². The maximum absolute atomic E-state index is 12.7. The van der Waals surface area contributed by atoms with Gasteiger partial charge in [0.15, 0.2) is 0 Å². The van der Waals surface area contributed by atoms with E-state index in [2.05, 4.69) is 28.1 Å². The lowest BCUT2D eigenvalue weighted by Gasteiger charge is -2.19. The molecule has 3 aromatic rings. The van der Waals surface area contributed by atoms with E-state index in [4.69, 9.17) is 0 Å². The van der Waals surface area contributed by atoms with E-state index in [1.165, 1.54) is 0 Å². The molecule has 1 atom stereocenters. The van der Waals surface area contributed by atoms with E-state index >= 15 is 0 Å². The highest BCUT2D eigenvalue weighted by atomic mass is 16.2. The van der Waals surface area contributed by atoms with E-state index in [1.54, 1.807) is 0 Å². The smallest absolute Gasteiger partial charge is 0.319 e. The van der Waals surface area contributed by atoms with Crippen LogP contribution in [0.4, 0.5) is 10.5 Å². The molecule has 0 aliphatic heterocycles. The number of carbonyl (C=O) groups is 2. The lowest BCUT2D eigenvalue weighted by molar-refractivity contribution is -0.121. The molecule has 0 saturated carbocycles. The molecule has 0 aliphatic carbocycles. The van der Waals surface area contributed by atoms with Gasteiger partial charge in [-0.15, -0.1) is 0 Å². The van der Waals surface area contributed by atoms with E-state index < -0.39 is 0 Å². The molecule has 3 rings (SSSR count). The highest BCUT2D eigenvalue weighted by Gasteiger charge is 2.15. The molecular weight excluding hydrogens is 398 g/mol. The van der Waals surface area contributed by atoms with Gasteiger partial charge in [-0.3, -0.25) is 4.79 Å². The third-order valence-electron chi connectivity index (χ3n) is 5.20. The first-order chi connectivity index (χ1) is 15.6. The van der Waals surface area contributed by atoms with E-state index in [-0.39, 0.29) is 18.0 Å². The summed E-state index contributed by atoms with van der Waals surface area (Å²) in [5.74, 6) is 0.0172. The molecule has 32 heavy (non-hydrogen) atoms. The summed E-state index contributed by atoms with van der Waals surface area (Å²) in [6, 6.07) is 27.5. The maximum atomic E-state index is 12.7. The Labute approximate surface area is 190 Å². The molecule has 0 spiro atoms. The molecule has 166 valence electrons. The monoisotopic (exact) mass is 429 g/mol. The van der Waals surface area contributed by atoms with Crippen molar-refractivity contribution in [3.05, 3.63) is 90.5 Å². The third-order valence-corrected chi connectivity index (χ3v) is 5.20. The molecule has 5 heteroatoms. The zero-order chi connectivity index (χ0) is 22.6. The number of carbonyl (C=O) groups excluding carboxylic acids is 2. The van der Waals surface area contributed by atoms with Crippen LogP contribution in [0.25, 0.3) is 11.1 Å². The van der Waals surface area contributed by atoms with Crippen LogP contribution >= 0.6 is 0 Å². The highest BCUT2D eigenvalue weighted by Crippen LogP contribution is 2.21. The molecule has 0 bridgehead atoms. The van der Waals surface area contributed by atoms with Crippen LogP contribution in [-0.4, -0.2) is 24.5 Å². The van der Waals surface area contributed by atoms with Gasteiger partial charge in [0.05, 0.1) is 0 Å². The van der Waals surface area contributed by atoms with Gasteiger partial charge in [0.2, 0.25) is 5.91 Å². The largest absolute Gasteiger partial charge is 0.356 e. The molecule has 0 unspecified atom stereocenters. The molecule has 0 fully saturated rings. The van der Waals surface area contributed by atoms with Crippen LogP contribution in [-0.2, 0) is 11.2 Å². The van der Waals surface area contributed by atoms with Crippen molar-refractivity contribution in [2.45, 2.75) is 38.6 Å². The average Bonchev–Trinajstić information content (AvgIpc) is 2.83. The van der Waals surface area contributed by atoms with Gasteiger partial charge in [0.25, 0.3) is 0 Å². The van der Waals surface area contributed by atoms with Crippen molar-refractivity contribution in [3.63, 3.8) is 0 Å². The first-order valence-electron chi connectivity index (χ1n) is 11.2. The molecular formula is C27H31N3O2. The normalized spacial score (nSPS) is 11.4. The fourth-order valence-corrected chi connectivity index (χ4v) is 3.51. The van der Waals surface area contributed by atoms with Crippen LogP contribution < -0.4 is 16.0 Å². The average molecular weight is 430 g/mol. The molecule has 0 radical (unpaired) electrons. The Morgan fingerprint density at radius 3 is 2.09 bits per heavy atom. The second-order valence-electron chi connectivity index (χ2n) is 7.82. The van der Waals surface area contributed by atoms with Crippen molar-refractivity contribution in [2.24, 2.45) is 0 Å². The van der Waals surface area contributed by atoms with Gasteiger partial charge in [-0.05, 0) is 48.1 Å². The van der Waals surface area contributed by atoms with Crippen LogP contribution in [0.5, 0.6) is 0 Å². The van der Waals surface area contributed by atoms with E-state index in [0.29, 0.717) is 25.8 Å². The predicted molar refractivity (Wildman–Crippen MR) is 131 cm³/mol. The second-order valence-corrected chi connectivity index (χ2v) is 7.82. The van der Waals surface area contributed by atoms with E-state index in [1.807, 2.05) is 79.7 Å². The zero-order valence-corrected chi connectivity index (χ0v) is 18.5. The lowest BCUT2D eigenvalue weighted by Crippen LogP contribution is -2.40. The van der Waals surface area contributed by atoms with Gasteiger partial charge in [-0.25, -0.2) is 4.79 Å². The predicted octanol–water partition coefficient (Wildman–Crippen LogP) is 5.39. The third kappa shape index (κ3) is 7.58. The number of benzene rings is 3. The van der Waals surface area contributed by atoms with Crippen LogP contribution in [0, 0.1) is 0 Å². The van der Waals surface area contributed by atoms with Crippen molar-refractivity contribution in [1.29, 1.82) is 0 Å². The van der Waals surface area contributed by atoms with Gasteiger partial charge < -0.3 is 16.0 Å². The summed E-state index contributed by atoms with van der Waals surface area (Å²) in [5.41, 5.74) is 4.07. The fraction of sp³-hybridized carbons (Fsp3) is 0.259. The van der Waals surface area contributed by atoms with Crippen molar-refractivity contribution in [1.82, 2.24) is 10.6 Å². The van der Waals surface area contributed by atoms with Crippen molar-refractivity contribution in [3.8, 4) is 11.1 Å². The van der Waals surface area contributed by atoms with Crippen LogP contribution in [0.2, 0.25) is 0 Å². The molecule has 5 nitrogen and oxygen atoms in total. The minimum absolute atomic E-state index is 0.0172. The van der Waals surface area contributed by atoms with Crippen molar-refractivity contribution >= 4 is 17.6 Å². The first-order valence-corrected chi connectivity index (χ1v) is 11.2. The van der Waals surface area contributed by atoms with Gasteiger partial charge in [0, 0.05) is 24.7 Å². The van der Waals surface area contributed by atoms with Crippen LogP contribution in [0.1, 0.15) is 31.7 Å². The summed E-state index contributed by atoms with van der Waals surface area (Å²) in [6.07, 6.45) is 2.53. The number of hydrogen-bond acceptors (Lipinski definition) is 2. The lowest BCUT2D eigenvalue weighted by atomic mass is 10.0. The molecule has 3 N–H and O–H groups in total. The topological polar surface area (TPSA) is 70.2 Å². The number of nitrogens with one attached hydrogen (secondary N) is 3. The first kappa shape index (κ1) is 23.1.